The number of aromatic amines is 1. The van der Waals surface area contributed by atoms with Crippen molar-refractivity contribution in [1.29, 1.82) is 0 Å². The third-order valence-electron chi connectivity index (χ3n) is 4.70. The lowest BCUT2D eigenvalue weighted by molar-refractivity contribution is -0.154. The summed E-state index contributed by atoms with van der Waals surface area (Å²) in [5, 5.41) is 9.90. The third kappa shape index (κ3) is 2.03. The van der Waals surface area contributed by atoms with Crippen LogP contribution in [0.2, 0.25) is 0 Å². The van der Waals surface area contributed by atoms with Gasteiger partial charge >= 0.3 is 5.97 Å². The first-order valence-electron chi connectivity index (χ1n) is 7.52. The Morgan fingerprint density at radius 2 is 2.23 bits per heavy atom. The molecule has 1 unspecified atom stereocenters. The second-order valence-electron chi connectivity index (χ2n) is 6.31. The van der Waals surface area contributed by atoms with Crippen molar-refractivity contribution in [1.82, 2.24) is 4.98 Å². The lowest BCUT2D eigenvalue weighted by Gasteiger charge is -2.39. The number of carboxylic acids is 1. The van der Waals surface area contributed by atoms with Crippen molar-refractivity contribution < 1.29 is 19.0 Å². The zero-order chi connectivity index (χ0) is 16.1. The number of fused-ring (bicyclic) bond motifs is 3. The van der Waals surface area contributed by atoms with Crippen molar-refractivity contribution in [2.24, 2.45) is 5.92 Å². The zero-order valence-electron chi connectivity index (χ0n) is 13.0. The fourth-order valence-electron chi connectivity index (χ4n) is 3.51. The molecule has 1 aliphatic heterocycles. The number of benzene rings is 1. The molecule has 0 saturated heterocycles. The number of aliphatic carboxylic acids is 1. The maximum absolute atomic E-state index is 14.3. The smallest absolute Gasteiger partial charge is 0.306 e. The average Bonchev–Trinajstić information content (AvgIpc) is 2.84. The number of aryl methyl sites for hydroxylation is 1. The highest BCUT2D eigenvalue weighted by atomic mass is 19.1. The minimum atomic E-state index is -0.933. The van der Waals surface area contributed by atoms with Crippen molar-refractivity contribution in [3.63, 3.8) is 0 Å². The Morgan fingerprint density at radius 1 is 1.50 bits per heavy atom. The number of aromatic nitrogens is 1. The maximum Gasteiger partial charge on any atom is 0.306 e. The van der Waals surface area contributed by atoms with Gasteiger partial charge in [0, 0.05) is 5.39 Å². The molecule has 0 aliphatic carbocycles. The van der Waals surface area contributed by atoms with E-state index >= 15 is 0 Å². The molecule has 0 spiro atoms. The summed E-state index contributed by atoms with van der Waals surface area (Å²) in [4.78, 5) is 14.6. The molecule has 0 fully saturated rings. The van der Waals surface area contributed by atoms with E-state index in [-0.39, 0.29) is 18.2 Å². The molecule has 4 nitrogen and oxygen atoms in total. The molecule has 2 heterocycles. The van der Waals surface area contributed by atoms with Crippen LogP contribution in [0.15, 0.2) is 12.1 Å². The standard InChI is InChI=1S/C17H20FNO3/c1-9(2)17(8-13(20)21)16-11(6-7-22-17)14-12(18)5-4-10(3)15(14)19-16/h4-5,9,19H,6-8H2,1-3H3,(H,20,21). The molecule has 1 atom stereocenters. The molecule has 2 N–H and O–H groups in total. The Bertz CT molecular complexity index is 750. The predicted molar refractivity (Wildman–Crippen MR) is 81.4 cm³/mol. The van der Waals surface area contributed by atoms with Crippen LogP contribution in [0.4, 0.5) is 4.39 Å². The summed E-state index contributed by atoms with van der Waals surface area (Å²) in [6.07, 6.45) is 0.453. The number of ether oxygens (including phenoxy) is 1. The van der Waals surface area contributed by atoms with E-state index in [4.69, 9.17) is 4.74 Å². The quantitative estimate of drug-likeness (QED) is 0.912. The normalized spacial score (nSPS) is 21.3. The number of hydrogen-bond donors (Lipinski definition) is 2. The van der Waals surface area contributed by atoms with E-state index in [0.717, 1.165) is 22.3 Å². The lowest BCUT2D eigenvalue weighted by atomic mass is 9.80. The number of H-pyrrole nitrogens is 1. The molecular formula is C17H20FNO3. The van der Waals surface area contributed by atoms with Crippen LogP contribution >= 0.6 is 0 Å². The number of nitrogens with one attached hydrogen (secondary N) is 1. The second-order valence-corrected chi connectivity index (χ2v) is 6.31. The van der Waals surface area contributed by atoms with Gasteiger partial charge in [0.25, 0.3) is 0 Å². The Kier molecular flexibility index (Phi) is 3.48. The van der Waals surface area contributed by atoms with Crippen molar-refractivity contribution >= 4 is 16.9 Å². The van der Waals surface area contributed by atoms with E-state index in [1.807, 2.05) is 20.8 Å². The van der Waals surface area contributed by atoms with Gasteiger partial charge in [-0.3, -0.25) is 4.79 Å². The van der Waals surface area contributed by atoms with E-state index < -0.39 is 11.6 Å². The SMILES string of the molecule is Cc1ccc(F)c2c3c([nH]c12)C(CC(=O)O)(C(C)C)OCC3. The van der Waals surface area contributed by atoms with E-state index in [0.29, 0.717) is 18.4 Å². The fraction of sp³-hybridized carbons (Fsp3) is 0.471. The molecule has 1 aliphatic rings. The van der Waals surface area contributed by atoms with Crippen molar-refractivity contribution in [2.45, 2.75) is 39.2 Å². The Hall–Kier alpha value is -1.88. The van der Waals surface area contributed by atoms with E-state index in [1.165, 1.54) is 6.07 Å². The molecule has 22 heavy (non-hydrogen) atoms. The van der Waals surface area contributed by atoms with Gasteiger partial charge in [-0.2, -0.15) is 0 Å². The van der Waals surface area contributed by atoms with Gasteiger partial charge in [0.1, 0.15) is 11.4 Å². The van der Waals surface area contributed by atoms with E-state index in [9.17, 15) is 14.3 Å². The van der Waals surface area contributed by atoms with Gasteiger partial charge < -0.3 is 14.8 Å². The van der Waals surface area contributed by atoms with Crippen LogP contribution in [0.25, 0.3) is 10.9 Å². The van der Waals surface area contributed by atoms with Crippen LogP contribution < -0.4 is 0 Å². The third-order valence-corrected chi connectivity index (χ3v) is 4.70. The van der Waals surface area contributed by atoms with Gasteiger partial charge in [-0.1, -0.05) is 19.9 Å². The summed E-state index contributed by atoms with van der Waals surface area (Å²) in [5.41, 5.74) is 2.33. The first-order valence-corrected chi connectivity index (χ1v) is 7.52. The monoisotopic (exact) mass is 305 g/mol. The van der Waals surface area contributed by atoms with Gasteiger partial charge in [0.05, 0.1) is 24.2 Å². The van der Waals surface area contributed by atoms with Crippen LogP contribution in [0, 0.1) is 18.7 Å². The Labute approximate surface area is 128 Å². The van der Waals surface area contributed by atoms with Crippen LogP contribution in [0.1, 0.15) is 37.1 Å². The summed E-state index contributed by atoms with van der Waals surface area (Å²) in [6.45, 7) is 6.19. The summed E-state index contributed by atoms with van der Waals surface area (Å²) in [6, 6.07) is 3.20. The Morgan fingerprint density at radius 3 is 2.86 bits per heavy atom. The first kappa shape index (κ1) is 15.0. The number of rotatable bonds is 3. The van der Waals surface area contributed by atoms with E-state index in [2.05, 4.69) is 4.98 Å². The maximum atomic E-state index is 14.3. The largest absolute Gasteiger partial charge is 0.481 e. The highest BCUT2D eigenvalue weighted by molar-refractivity contribution is 5.88. The minimum absolute atomic E-state index is 0.0425. The van der Waals surface area contributed by atoms with Crippen LogP contribution in [0.5, 0.6) is 0 Å². The molecule has 1 aromatic carbocycles. The lowest BCUT2D eigenvalue weighted by Crippen LogP contribution is -2.42. The highest BCUT2D eigenvalue weighted by Crippen LogP contribution is 2.44. The molecule has 0 radical (unpaired) electrons. The minimum Gasteiger partial charge on any atom is -0.481 e. The molecule has 3 rings (SSSR count). The molecule has 2 aromatic rings. The van der Waals surface area contributed by atoms with Gasteiger partial charge in [0.2, 0.25) is 0 Å². The van der Waals surface area contributed by atoms with Gasteiger partial charge in [-0.05, 0) is 36.5 Å². The Balaban J connectivity index is 2.32. The first-order chi connectivity index (χ1) is 10.4. The number of halogens is 1. The van der Waals surface area contributed by atoms with E-state index in [1.54, 1.807) is 6.07 Å². The summed E-state index contributed by atoms with van der Waals surface area (Å²) >= 11 is 0. The second kappa shape index (κ2) is 5.09. The van der Waals surface area contributed by atoms with Crippen molar-refractivity contribution in [3.8, 4) is 0 Å². The molecule has 118 valence electrons. The van der Waals surface area contributed by atoms with Crippen LogP contribution in [-0.4, -0.2) is 22.7 Å². The van der Waals surface area contributed by atoms with Gasteiger partial charge in [-0.25, -0.2) is 4.39 Å². The number of hydrogen-bond acceptors (Lipinski definition) is 2. The molecule has 5 heteroatoms. The van der Waals surface area contributed by atoms with Crippen LogP contribution in [-0.2, 0) is 21.6 Å². The summed E-state index contributed by atoms with van der Waals surface area (Å²) in [5.74, 6) is -1.23. The van der Waals surface area contributed by atoms with Crippen LogP contribution in [0.3, 0.4) is 0 Å². The molecule has 1 aromatic heterocycles. The number of carboxylic acid groups (broad SMARTS) is 1. The molecule has 0 bridgehead atoms. The fourth-order valence-corrected chi connectivity index (χ4v) is 3.51. The topological polar surface area (TPSA) is 62.3 Å². The summed E-state index contributed by atoms with van der Waals surface area (Å²) < 4.78 is 20.3. The van der Waals surface area contributed by atoms with Crippen molar-refractivity contribution in [3.05, 3.63) is 34.8 Å². The number of carbonyl (C=O) groups is 1. The highest BCUT2D eigenvalue weighted by Gasteiger charge is 2.45. The molecule has 0 saturated carbocycles. The van der Waals surface area contributed by atoms with Gasteiger partial charge in [0.15, 0.2) is 0 Å². The predicted octanol–water partition coefficient (Wildman–Crippen LogP) is 3.51. The average molecular weight is 305 g/mol. The van der Waals surface area contributed by atoms with Crippen molar-refractivity contribution in [2.75, 3.05) is 6.61 Å². The molecular weight excluding hydrogens is 285 g/mol. The zero-order valence-corrected chi connectivity index (χ0v) is 13.0. The van der Waals surface area contributed by atoms with Gasteiger partial charge in [-0.15, -0.1) is 0 Å². The summed E-state index contributed by atoms with van der Waals surface area (Å²) in [7, 11) is 0. The molecule has 0 amide bonds.